The molecule has 0 unspecified atom stereocenters. The number of hydrogen-bond acceptors (Lipinski definition) is 0. The zero-order valence-electron chi connectivity index (χ0n) is 11.7. The van der Waals surface area contributed by atoms with Crippen LogP contribution in [0.3, 0.4) is 0 Å². The van der Waals surface area contributed by atoms with Crippen LogP contribution in [0.5, 0.6) is 0 Å². The van der Waals surface area contributed by atoms with E-state index in [4.69, 9.17) is 220 Å². The minimum absolute atomic E-state index is 0.936. The monoisotopic (exact) mass is 772 g/mol. The topological polar surface area (TPSA) is 0 Å². The highest BCUT2D eigenvalue weighted by Crippen LogP contribution is 2.72. The maximum absolute atomic E-state index is 6.22. The molecule has 0 atom stereocenters. The molecule has 0 N–H and O–H groups in total. The second-order valence-corrected chi connectivity index (χ2v) is 18.2. The SMILES string of the molecule is ClC(Cl)(Cl)[C](C(Cl)(Cl)Cl)C(Cl)(Cl)C(Cl)(Cl)C(Cl)(Cl)C(Cl)(Cl)C(Cl)(Cl)C(Cl)(Cl)Cl. The molecule has 0 fully saturated rings. The molecule has 0 aromatic carbocycles. The van der Waals surface area contributed by atoms with Gasteiger partial charge in [0.15, 0.2) is 17.3 Å². The molecule has 0 aliphatic carbocycles. The van der Waals surface area contributed by atoms with Crippen LogP contribution in [0, 0.1) is 5.92 Å². The van der Waals surface area contributed by atoms with Crippen LogP contribution in [-0.2, 0) is 0 Å². The molecule has 0 aliphatic heterocycles. The van der Waals surface area contributed by atoms with E-state index in [0.717, 1.165) is 0 Å². The van der Waals surface area contributed by atoms with Gasteiger partial charge in [-0.05, 0) is 0 Å². The first kappa shape index (κ1) is 33.5. The molecular weight excluding hydrogens is 782 g/mol. The summed E-state index contributed by atoms with van der Waals surface area (Å²) in [6, 6.07) is 0. The summed E-state index contributed by atoms with van der Waals surface area (Å²) in [4.78, 5) is 0. The van der Waals surface area contributed by atoms with Gasteiger partial charge in [0.1, 0.15) is 5.92 Å². The van der Waals surface area contributed by atoms with Crippen molar-refractivity contribution < 1.29 is 0 Å². The molecule has 0 nitrogen and oxygen atoms in total. The summed E-state index contributed by atoms with van der Waals surface area (Å²) < 4.78 is -22.5. The summed E-state index contributed by atoms with van der Waals surface area (Å²) in [6.45, 7) is 0. The Morgan fingerprint density at radius 3 is 0.786 bits per heavy atom. The standard InChI is InChI=1S/C9Cl19/c10-2(11,1(3(12,13)14)4(15,16)17)5(18,19)6(20,21)7(22,23)8(24,25)9(26,27)28. The van der Waals surface area contributed by atoms with Crippen molar-refractivity contribution in [1.82, 2.24) is 0 Å². The summed E-state index contributed by atoms with van der Waals surface area (Å²) in [5.74, 6) is -0.936. The number of rotatable bonds is 5. The predicted molar refractivity (Wildman–Crippen MR) is 136 cm³/mol. The van der Waals surface area contributed by atoms with Crippen LogP contribution < -0.4 is 0 Å². The Kier molecular flexibility index (Phi) is 12.1. The number of alkyl halides is 19. The van der Waals surface area contributed by atoms with Gasteiger partial charge in [-0.25, -0.2) is 0 Å². The van der Waals surface area contributed by atoms with E-state index in [1.54, 1.807) is 0 Å². The van der Waals surface area contributed by atoms with Gasteiger partial charge >= 0.3 is 0 Å². The van der Waals surface area contributed by atoms with Gasteiger partial charge in [0, 0.05) is 0 Å². The average Bonchev–Trinajstić information content (AvgIpc) is 2.31. The summed E-state index contributed by atoms with van der Waals surface area (Å²) in [7, 11) is 0. The summed E-state index contributed by atoms with van der Waals surface area (Å²) in [5.41, 5.74) is 0. The highest BCUT2D eigenvalue weighted by atomic mass is 35.6. The van der Waals surface area contributed by atoms with Gasteiger partial charge in [-0.2, -0.15) is 0 Å². The molecule has 0 saturated heterocycles. The van der Waals surface area contributed by atoms with Crippen LogP contribution in [-0.4, -0.2) is 33.0 Å². The minimum Gasteiger partial charge on any atom is -0.0972 e. The van der Waals surface area contributed by atoms with Crippen LogP contribution in [0.2, 0.25) is 0 Å². The van der Waals surface area contributed by atoms with Crippen molar-refractivity contribution in [3.63, 3.8) is 0 Å². The van der Waals surface area contributed by atoms with Crippen LogP contribution in [0.1, 0.15) is 0 Å². The third-order valence-electron chi connectivity index (χ3n) is 2.81. The van der Waals surface area contributed by atoms with E-state index in [0.29, 0.717) is 0 Å². The Morgan fingerprint density at radius 2 is 0.571 bits per heavy atom. The van der Waals surface area contributed by atoms with Gasteiger partial charge in [0.2, 0.25) is 15.7 Å². The fraction of sp³-hybridized carbons (Fsp3) is 0.889. The zero-order chi connectivity index (χ0) is 23.6. The summed E-state index contributed by atoms with van der Waals surface area (Å²) in [5, 5.41) is 0. The fourth-order valence-corrected chi connectivity index (χ4v) is 8.20. The van der Waals surface area contributed by atoms with Crippen LogP contribution in [0.15, 0.2) is 0 Å². The lowest BCUT2D eigenvalue weighted by Crippen LogP contribution is -2.68. The van der Waals surface area contributed by atoms with Crippen molar-refractivity contribution in [3.8, 4) is 0 Å². The van der Waals surface area contributed by atoms with Crippen molar-refractivity contribution in [1.29, 1.82) is 0 Å². The maximum atomic E-state index is 6.22. The Morgan fingerprint density at radius 1 is 0.321 bits per heavy atom. The molecule has 0 heterocycles. The molecule has 0 aromatic heterocycles. The predicted octanol–water partition coefficient (Wildman–Crippen LogP) is 11.5. The zero-order valence-corrected chi connectivity index (χ0v) is 26.0. The highest BCUT2D eigenvalue weighted by Gasteiger charge is 2.79. The van der Waals surface area contributed by atoms with Gasteiger partial charge in [0.25, 0.3) is 0 Å². The fourth-order valence-electron chi connectivity index (χ4n) is 1.44. The molecule has 0 bridgehead atoms. The van der Waals surface area contributed by atoms with Crippen LogP contribution in [0.25, 0.3) is 0 Å². The normalized spacial score (nSPS) is 16.7. The molecule has 0 saturated carbocycles. The second-order valence-electron chi connectivity index (χ2n) is 4.74. The van der Waals surface area contributed by atoms with Gasteiger partial charge < -0.3 is 0 Å². The van der Waals surface area contributed by atoms with Gasteiger partial charge in [-0.15, -0.1) is 0 Å². The van der Waals surface area contributed by atoms with E-state index >= 15 is 0 Å². The van der Waals surface area contributed by atoms with Crippen LogP contribution >= 0.6 is 220 Å². The van der Waals surface area contributed by atoms with Crippen molar-refractivity contribution >= 4 is 220 Å². The Hall–Kier alpha value is 5.51. The first-order valence-corrected chi connectivity index (χ1v) is 12.8. The Labute approximate surface area is 255 Å². The molecule has 0 spiro atoms. The second kappa shape index (κ2) is 10.1. The molecule has 169 valence electrons. The number of hydrogen-bond donors (Lipinski definition) is 0. The average molecular weight is 782 g/mol. The van der Waals surface area contributed by atoms with E-state index in [1.165, 1.54) is 0 Å². The van der Waals surface area contributed by atoms with Gasteiger partial charge in [-0.3, -0.25) is 0 Å². The first-order valence-electron chi connectivity index (χ1n) is 5.59. The molecule has 28 heavy (non-hydrogen) atoms. The lowest BCUT2D eigenvalue weighted by Gasteiger charge is -2.53. The van der Waals surface area contributed by atoms with E-state index in [9.17, 15) is 0 Å². The quantitative estimate of drug-likeness (QED) is 0.244. The lowest BCUT2D eigenvalue weighted by molar-refractivity contribution is 0.491. The third kappa shape index (κ3) is 6.25. The van der Waals surface area contributed by atoms with E-state index in [2.05, 4.69) is 0 Å². The number of halogens is 19. The largest absolute Gasteiger partial charge is 0.226 e. The lowest BCUT2D eigenvalue weighted by atomic mass is 9.98. The smallest absolute Gasteiger partial charge is 0.0972 e. The Bertz CT molecular complexity index is 541. The maximum Gasteiger partial charge on any atom is 0.226 e. The molecule has 19 heteroatoms. The molecule has 0 amide bonds. The minimum atomic E-state index is -3.01. The van der Waals surface area contributed by atoms with Crippen molar-refractivity contribution in [2.75, 3.05) is 0 Å². The first-order chi connectivity index (χ1) is 11.6. The molecule has 0 rings (SSSR count). The Balaban J connectivity index is 6.78. The molecule has 1 radical (unpaired) electrons. The molecule has 0 aromatic rings. The molecule has 0 aliphatic rings. The third-order valence-corrected chi connectivity index (χ3v) is 12.4. The van der Waals surface area contributed by atoms with Gasteiger partial charge in [0.05, 0.1) is 0 Å². The van der Waals surface area contributed by atoms with Crippen molar-refractivity contribution in [2.45, 2.75) is 33.0 Å². The molecular formula is C9Cl19. The highest BCUT2D eigenvalue weighted by molar-refractivity contribution is 6.83. The van der Waals surface area contributed by atoms with Crippen molar-refractivity contribution in [2.24, 2.45) is 0 Å². The summed E-state index contributed by atoms with van der Waals surface area (Å²) in [6.07, 6.45) is 0. The van der Waals surface area contributed by atoms with E-state index in [-0.39, 0.29) is 0 Å². The van der Waals surface area contributed by atoms with Crippen LogP contribution in [0.4, 0.5) is 0 Å². The van der Waals surface area contributed by atoms with Gasteiger partial charge in [-0.1, -0.05) is 220 Å². The summed E-state index contributed by atoms with van der Waals surface area (Å²) >= 11 is 113. The van der Waals surface area contributed by atoms with E-state index < -0.39 is 39.0 Å². The van der Waals surface area contributed by atoms with E-state index in [1.807, 2.05) is 0 Å². The van der Waals surface area contributed by atoms with Crippen molar-refractivity contribution in [3.05, 3.63) is 5.92 Å².